The molecule has 0 aromatic carbocycles. The van der Waals surface area contributed by atoms with E-state index in [0.29, 0.717) is 11.1 Å². The van der Waals surface area contributed by atoms with Crippen LogP contribution in [0.1, 0.15) is 56.7 Å². The summed E-state index contributed by atoms with van der Waals surface area (Å²) >= 11 is 6.20. The fourth-order valence-electron chi connectivity index (χ4n) is 3.92. The summed E-state index contributed by atoms with van der Waals surface area (Å²) < 4.78 is 0. The summed E-state index contributed by atoms with van der Waals surface area (Å²) in [6.07, 6.45) is 9.46. The number of hydrogen-bond acceptors (Lipinski definition) is 3. The molecule has 1 aliphatic heterocycles. The lowest BCUT2D eigenvalue weighted by Crippen LogP contribution is -2.42. The van der Waals surface area contributed by atoms with Gasteiger partial charge in [0.1, 0.15) is 16.8 Å². The van der Waals surface area contributed by atoms with E-state index in [-0.39, 0.29) is 0 Å². The van der Waals surface area contributed by atoms with Crippen molar-refractivity contribution in [2.45, 2.75) is 50.9 Å². The fraction of sp³-hybridized carbons (Fsp3) is 0.750. The first-order valence-corrected chi connectivity index (χ1v) is 8.47. The van der Waals surface area contributed by atoms with Crippen molar-refractivity contribution in [3.05, 3.63) is 17.0 Å². The first-order valence-electron chi connectivity index (χ1n) is 8.09. The van der Waals surface area contributed by atoms with E-state index in [2.05, 4.69) is 9.88 Å². The maximum atomic E-state index is 6.20. The van der Waals surface area contributed by atoms with E-state index in [1.54, 1.807) is 0 Å². The molecule has 20 heavy (non-hydrogen) atoms. The van der Waals surface area contributed by atoms with Crippen LogP contribution in [-0.2, 0) is 0 Å². The van der Waals surface area contributed by atoms with Crippen LogP contribution in [0, 0.1) is 11.8 Å². The average Bonchev–Trinajstić information content (AvgIpc) is 3.31. The quantitative estimate of drug-likeness (QED) is 0.771. The molecule has 2 aliphatic carbocycles. The molecule has 3 fully saturated rings. The molecule has 2 saturated carbocycles. The lowest BCUT2D eigenvalue weighted by atomic mass is 9.75. The summed E-state index contributed by atoms with van der Waals surface area (Å²) in [5, 5.41) is 0.614. The van der Waals surface area contributed by atoms with Crippen LogP contribution in [0.5, 0.6) is 0 Å². The van der Waals surface area contributed by atoms with Crippen molar-refractivity contribution >= 4 is 17.4 Å². The number of aromatic nitrogens is 2. The molecule has 3 aliphatic rings. The molecule has 3 nitrogen and oxygen atoms in total. The monoisotopic (exact) mass is 291 g/mol. The first-order chi connectivity index (χ1) is 9.79. The molecule has 1 saturated heterocycles. The van der Waals surface area contributed by atoms with Gasteiger partial charge in [0.15, 0.2) is 0 Å². The number of piperidine rings is 1. The zero-order valence-electron chi connectivity index (χ0n) is 11.9. The third kappa shape index (κ3) is 2.52. The van der Waals surface area contributed by atoms with Crippen LogP contribution in [0.4, 0.5) is 5.82 Å². The highest BCUT2D eigenvalue weighted by Crippen LogP contribution is 2.40. The van der Waals surface area contributed by atoms with Gasteiger partial charge in [-0.1, -0.05) is 30.9 Å². The van der Waals surface area contributed by atoms with Crippen LogP contribution in [-0.4, -0.2) is 23.1 Å². The lowest BCUT2D eigenvalue weighted by Gasteiger charge is -2.41. The molecule has 108 valence electrons. The first kappa shape index (κ1) is 12.9. The second-order valence-electron chi connectivity index (χ2n) is 6.72. The minimum Gasteiger partial charge on any atom is -0.356 e. The molecule has 0 spiro atoms. The lowest BCUT2D eigenvalue weighted by molar-refractivity contribution is 0.202. The molecular formula is C16H22ClN3. The number of anilines is 1. The van der Waals surface area contributed by atoms with Gasteiger partial charge in [-0.2, -0.15) is 0 Å². The van der Waals surface area contributed by atoms with Crippen LogP contribution in [0.25, 0.3) is 0 Å². The van der Waals surface area contributed by atoms with Gasteiger partial charge in [0.05, 0.1) is 0 Å². The second kappa shape index (κ2) is 5.18. The number of nitrogens with zero attached hydrogens (tertiary/aromatic N) is 3. The molecule has 0 bridgehead atoms. The van der Waals surface area contributed by atoms with Gasteiger partial charge >= 0.3 is 0 Å². The Bertz CT molecular complexity index is 500. The van der Waals surface area contributed by atoms with Gasteiger partial charge in [0, 0.05) is 25.1 Å². The van der Waals surface area contributed by atoms with Crippen LogP contribution in [0.15, 0.2) is 6.07 Å². The Morgan fingerprint density at radius 3 is 2.60 bits per heavy atom. The highest BCUT2D eigenvalue weighted by atomic mass is 35.5. The summed E-state index contributed by atoms with van der Waals surface area (Å²) in [5.74, 6) is 4.43. The average molecular weight is 292 g/mol. The zero-order chi connectivity index (χ0) is 13.5. The van der Waals surface area contributed by atoms with Gasteiger partial charge < -0.3 is 4.90 Å². The molecule has 0 amide bonds. The maximum absolute atomic E-state index is 6.20. The Labute approximate surface area is 125 Å². The van der Waals surface area contributed by atoms with Gasteiger partial charge in [0.2, 0.25) is 0 Å². The predicted molar refractivity (Wildman–Crippen MR) is 81.3 cm³/mol. The highest BCUT2D eigenvalue weighted by Gasteiger charge is 2.33. The summed E-state index contributed by atoms with van der Waals surface area (Å²) in [5.41, 5.74) is 0. The summed E-state index contributed by atoms with van der Waals surface area (Å²) in [6.45, 7) is 2.31. The van der Waals surface area contributed by atoms with Gasteiger partial charge in [-0.3, -0.25) is 0 Å². The Hall–Kier alpha value is -0.830. The largest absolute Gasteiger partial charge is 0.356 e. The Kier molecular flexibility index (Phi) is 3.33. The van der Waals surface area contributed by atoms with E-state index in [1.165, 1.54) is 51.5 Å². The predicted octanol–water partition coefficient (Wildman–Crippen LogP) is 4.02. The Balaban J connectivity index is 1.55. The third-order valence-corrected chi connectivity index (χ3v) is 5.45. The Morgan fingerprint density at radius 2 is 1.80 bits per heavy atom. The van der Waals surface area contributed by atoms with Crippen molar-refractivity contribution in [2.75, 3.05) is 18.0 Å². The van der Waals surface area contributed by atoms with Crippen LogP contribution >= 0.6 is 11.6 Å². The smallest absolute Gasteiger partial charge is 0.135 e. The maximum Gasteiger partial charge on any atom is 0.135 e. The summed E-state index contributed by atoms with van der Waals surface area (Å²) in [6, 6.07) is 1.95. The molecule has 1 aromatic rings. The molecule has 2 heterocycles. The van der Waals surface area contributed by atoms with E-state index in [9.17, 15) is 0 Å². The number of fused-ring (bicyclic) bond motifs is 1. The van der Waals surface area contributed by atoms with Crippen molar-refractivity contribution in [3.63, 3.8) is 0 Å². The zero-order valence-corrected chi connectivity index (χ0v) is 12.6. The SMILES string of the molecule is Clc1cc(N2CCC3CCCCC3C2)nc(C2CC2)n1. The Morgan fingerprint density at radius 1 is 1.00 bits per heavy atom. The van der Waals surface area contributed by atoms with Gasteiger partial charge in [0.25, 0.3) is 0 Å². The van der Waals surface area contributed by atoms with Crippen molar-refractivity contribution in [1.82, 2.24) is 9.97 Å². The molecule has 2 atom stereocenters. The van der Waals surface area contributed by atoms with Gasteiger partial charge in [-0.05, 0) is 37.5 Å². The van der Waals surface area contributed by atoms with E-state index >= 15 is 0 Å². The molecule has 4 heteroatoms. The van der Waals surface area contributed by atoms with Crippen LogP contribution < -0.4 is 4.90 Å². The number of halogens is 1. The van der Waals surface area contributed by atoms with Crippen molar-refractivity contribution < 1.29 is 0 Å². The van der Waals surface area contributed by atoms with E-state index in [0.717, 1.165) is 30.0 Å². The highest BCUT2D eigenvalue weighted by molar-refractivity contribution is 6.29. The van der Waals surface area contributed by atoms with E-state index in [4.69, 9.17) is 16.6 Å². The fourth-order valence-corrected chi connectivity index (χ4v) is 4.10. The molecule has 0 radical (unpaired) electrons. The third-order valence-electron chi connectivity index (χ3n) is 5.26. The summed E-state index contributed by atoms with van der Waals surface area (Å²) in [4.78, 5) is 11.6. The van der Waals surface area contributed by atoms with Gasteiger partial charge in [-0.15, -0.1) is 0 Å². The molecule has 2 unspecified atom stereocenters. The molecule has 0 N–H and O–H groups in total. The normalized spacial score (nSPS) is 30.1. The van der Waals surface area contributed by atoms with Crippen LogP contribution in [0.3, 0.4) is 0 Å². The second-order valence-corrected chi connectivity index (χ2v) is 7.11. The molecular weight excluding hydrogens is 270 g/mol. The minimum atomic E-state index is 0.569. The molecule has 1 aromatic heterocycles. The summed E-state index contributed by atoms with van der Waals surface area (Å²) in [7, 11) is 0. The topological polar surface area (TPSA) is 29.0 Å². The van der Waals surface area contributed by atoms with E-state index in [1.807, 2.05) is 6.07 Å². The van der Waals surface area contributed by atoms with Gasteiger partial charge in [-0.25, -0.2) is 9.97 Å². The van der Waals surface area contributed by atoms with Crippen LogP contribution in [0.2, 0.25) is 5.15 Å². The molecule has 4 rings (SSSR count). The van der Waals surface area contributed by atoms with Crippen molar-refractivity contribution in [1.29, 1.82) is 0 Å². The number of rotatable bonds is 2. The number of hydrogen-bond donors (Lipinski definition) is 0. The van der Waals surface area contributed by atoms with Crippen molar-refractivity contribution in [2.24, 2.45) is 11.8 Å². The van der Waals surface area contributed by atoms with E-state index < -0.39 is 0 Å². The minimum absolute atomic E-state index is 0.569. The van der Waals surface area contributed by atoms with Crippen molar-refractivity contribution in [3.8, 4) is 0 Å². The standard InChI is InChI=1S/C16H22ClN3/c17-14-9-15(19-16(18-14)12-5-6-12)20-8-7-11-3-1-2-4-13(11)10-20/h9,11-13H,1-8,10H2.